The molecular weight excluding hydrogens is 262 g/mol. The number of carboxylic acid groups (broad SMARTS) is 1. The maximum absolute atomic E-state index is 10.7. The highest BCUT2D eigenvalue weighted by Crippen LogP contribution is 2.43. The monoisotopic (exact) mass is 287 g/mol. The molecule has 0 amide bonds. The molecule has 1 aromatic carbocycles. The lowest BCUT2D eigenvalue weighted by atomic mass is 9.66. The molecule has 1 spiro atoms. The van der Waals surface area contributed by atoms with Crippen LogP contribution in [0, 0.1) is 0 Å². The van der Waals surface area contributed by atoms with Gasteiger partial charge in [0.2, 0.25) is 0 Å². The predicted molar refractivity (Wildman–Crippen MR) is 83.6 cm³/mol. The van der Waals surface area contributed by atoms with Crippen LogP contribution in [0.1, 0.15) is 49.7 Å². The van der Waals surface area contributed by atoms with Crippen LogP contribution in [0.5, 0.6) is 0 Å². The molecule has 1 saturated heterocycles. The summed E-state index contributed by atoms with van der Waals surface area (Å²) < 4.78 is 0. The quantitative estimate of drug-likeness (QED) is 0.924. The number of hydrogen-bond donors (Lipinski definition) is 1. The minimum atomic E-state index is -0.676. The van der Waals surface area contributed by atoms with E-state index in [0.29, 0.717) is 11.8 Å². The molecular formula is C18H25NO2. The normalized spacial score (nSPS) is 25.7. The molecule has 2 aliphatic rings. The topological polar surface area (TPSA) is 40.5 Å². The Morgan fingerprint density at radius 2 is 2.05 bits per heavy atom. The summed E-state index contributed by atoms with van der Waals surface area (Å²) in [6.45, 7) is 3.17. The van der Waals surface area contributed by atoms with Crippen LogP contribution in [0.15, 0.2) is 24.3 Å². The molecule has 0 bridgehead atoms. The lowest BCUT2D eigenvalue weighted by Crippen LogP contribution is -2.48. The lowest BCUT2D eigenvalue weighted by molar-refractivity contribution is -0.137. The zero-order chi connectivity index (χ0) is 14.7. The molecule has 3 nitrogen and oxygen atoms in total. The van der Waals surface area contributed by atoms with Crippen molar-refractivity contribution in [2.45, 2.75) is 50.4 Å². The van der Waals surface area contributed by atoms with E-state index in [9.17, 15) is 4.79 Å². The molecule has 1 aliphatic heterocycles. The number of carboxylic acids is 1. The smallest absolute Gasteiger partial charge is 0.303 e. The summed E-state index contributed by atoms with van der Waals surface area (Å²) in [6, 6.07) is 8.95. The molecule has 114 valence electrons. The Kier molecular flexibility index (Phi) is 4.29. The van der Waals surface area contributed by atoms with Crippen LogP contribution in [-0.2, 0) is 16.6 Å². The first-order valence-corrected chi connectivity index (χ1v) is 8.22. The fraction of sp³-hybridized carbons (Fsp3) is 0.611. The number of piperidine rings is 1. The van der Waals surface area contributed by atoms with Gasteiger partial charge in [0.05, 0.1) is 0 Å². The standard InChI is InChI=1S/C18H25NO2/c20-17(21)9-4-12-19-13-5-11-18(14-19)10-3-7-15-6-1-2-8-16(15)18/h1-2,6,8H,3-5,7,9-14H2,(H,20,21). The van der Waals surface area contributed by atoms with Crippen molar-refractivity contribution in [3.63, 3.8) is 0 Å². The largest absolute Gasteiger partial charge is 0.481 e. The van der Waals surface area contributed by atoms with Crippen molar-refractivity contribution in [1.29, 1.82) is 0 Å². The van der Waals surface area contributed by atoms with Crippen LogP contribution < -0.4 is 0 Å². The minimum absolute atomic E-state index is 0.292. The van der Waals surface area contributed by atoms with Gasteiger partial charge in [-0.15, -0.1) is 0 Å². The van der Waals surface area contributed by atoms with Crippen LogP contribution in [0.4, 0.5) is 0 Å². The summed E-state index contributed by atoms with van der Waals surface area (Å²) in [7, 11) is 0. The number of aryl methyl sites for hydroxylation is 1. The third kappa shape index (κ3) is 3.13. The van der Waals surface area contributed by atoms with Gasteiger partial charge in [-0.2, -0.15) is 0 Å². The Labute approximate surface area is 127 Å². The van der Waals surface area contributed by atoms with Gasteiger partial charge >= 0.3 is 5.97 Å². The first kappa shape index (κ1) is 14.6. The Morgan fingerprint density at radius 3 is 2.90 bits per heavy atom. The molecule has 1 aliphatic carbocycles. The predicted octanol–water partition coefficient (Wildman–Crippen LogP) is 3.22. The van der Waals surface area contributed by atoms with E-state index in [1.54, 1.807) is 5.56 Å². The van der Waals surface area contributed by atoms with E-state index in [-0.39, 0.29) is 0 Å². The van der Waals surface area contributed by atoms with Crippen molar-refractivity contribution in [3.8, 4) is 0 Å². The van der Waals surface area contributed by atoms with E-state index < -0.39 is 5.97 Å². The molecule has 21 heavy (non-hydrogen) atoms. The Hall–Kier alpha value is -1.35. The van der Waals surface area contributed by atoms with Gasteiger partial charge in [0.1, 0.15) is 0 Å². The van der Waals surface area contributed by atoms with Gasteiger partial charge < -0.3 is 10.0 Å². The van der Waals surface area contributed by atoms with E-state index >= 15 is 0 Å². The van der Waals surface area contributed by atoms with Crippen molar-refractivity contribution >= 4 is 5.97 Å². The number of hydrogen-bond acceptors (Lipinski definition) is 2. The van der Waals surface area contributed by atoms with Gasteiger partial charge in [-0.25, -0.2) is 0 Å². The van der Waals surface area contributed by atoms with Crippen LogP contribution in [0.2, 0.25) is 0 Å². The fourth-order valence-electron chi connectivity index (χ4n) is 4.30. The molecule has 3 heteroatoms. The zero-order valence-electron chi connectivity index (χ0n) is 12.7. The van der Waals surface area contributed by atoms with E-state index in [2.05, 4.69) is 29.2 Å². The summed E-state index contributed by atoms with van der Waals surface area (Å²) in [5.41, 5.74) is 3.44. The number of nitrogens with zero attached hydrogens (tertiary/aromatic N) is 1. The van der Waals surface area contributed by atoms with Crippen LogP contribution in [0.25, 0.3) is 0 Å². The first-order valence-electron chi connectivity index (χ1n) is 8.22. The Bertz CT molecular complexity index is 514. The molecule has 0 aromatic heterocycles. The van der Waals surface area contributed by atoms with E-state index in [1.807, 2.05) is 0 Å². The summed E-state index contributed by atoms with van der Waals surface area (Å²) >= 11 is 0. The molecule has 1 aromatic rings. The average molecular weight is 287 g/mol. The van der Waals surface area contributed by atoms with Crippen molar-refractivity contribution in [2.75, 3.05) is 19.6 Å². The van der Waals surface area contributed by atoms with Crippen molar-refractivity contribution in [2.24, 2.45) is 0 Å². The Morgan fingerprint density at radius 1 is 1.24 bits per heavy atom. The van der Waals surface area contributed by atoms with Crippen molar-refractivity contribution in [3.05, 3.63) is 35.4 Å². The van der Waals surface area contributed by atoms with Crippen LogP contribution in [-0.4, -0.2) is 35.6 Å². The second kappa shape index (κ2) is 6.18. The van der Waals surface area contributed by atoms with Gasteiger partial charge in [-0.1, -0.05) is 24.3 Å². The molecule has 1 heterocycles. The van der Waals surface area contributed by atoms with E-state index in [4.69, 9.17) is 5.11 Å². The van der Waals surface area contributed by atoms with Crippen molar-refractivity contribution < 1.29 is 9.90 Å². The number of likely N-dealkylation sites (tertiary alicyclic amines) is 1. The Balaban J connectivity index is 1.72. The molecule has 1 unspecified atom stereocenters. The summed E-state index contributed by atoms with van der Waals surface area (Å²) in [5, 5.41) is 8.80. The molecule has 0 saturated carbocycles. The number of aliphatic carboxylic acids is 1. The number of fused-ring (bicyclic) bond motifs is 2. The lowest BCUT2D eigenvalue weighted by Gasteiger charge is -2.46. The first-order chi connectivity index (χ1) is 10.2. The molecule has 3 rings (SSSR count). The summed E-state index contributed by atoms with van der Waals surface area (Å²) in [6.07, 6.45) is 7.39. The number of carbonyl (C=O) groups is 1. The number of benzene rings is 1. The summed E-state index contributed by atoms with van der Waals surface area (Å²) in [5.74, 6) is -0.676. The SMILES string of the molecule is O=C(O)CCCN1CCCC2(CCCc3ccccc32)C1. The van der Waals surface area contributed by atoms with Gasteiger partial charge in [0.25, 0.3) is 0 Å². The van der Waals surface area contributed by atoms with Crippen LogP contribution >= 0.6 is 0 Å². The highest BCUT2D eigenvalue weighted by atomic mass is 16.4. The zero-order valence-corrected chi connectivity index (χ0v) is 12.7. The maximum atomic E-state index is 10.7. The minimum Gasteiger partial charge on any atom is -0.481 e. The highest BCUT2D eigenvalue weighted by Gasteiger charge is 2.39. The van der Waals surface area contributed by atoms with Gasteiger partial charge in [0.15, 0.2) is 0 Å². The highest BCUT2D eigenvalue weighted by molar-refractivity contribution is 5.66. The third-order valence-electron chi connectivity index (χ3n) is 5.21. The fourth-order valence-corrected chi connectivity index (χ4v) is 4.30. The maximum Gasteiger partial charge on any atom is 0.303 e. The third-order valence-corrected chi connectivity index (χ3v) is 5.21. The second-order valence-corrected chi connectivity index (χ2v) is 6.67. The van der Waals surface area contributed by atoms with Gasteiger partial charge in [-0.3, -0.25) is 4.79 Å². The van der Waals surface area contributed by atoms with Gasteiger partial charge in [0, 0.05) is 18.4 Å². The van der Waals surface area contributed by atoms with Gasteiger partial charge in [-0.05, 0) is 62.7 Å². The summed E-state index contributed by atoms with van der Waals surface area (Å²) in [4.78, 5) is 13.2. The molecule has 0 radical (unpaired) electrons. The van der Waals surface area contributed by atoms with Crippen molar-refractivity contribution in [1.82, 2.24) is 4.90 Å². The molecule has 1 atom stereocenters. The second-order valence-electron chi connectivity index (χ2n) is 6.67. The van der Waals surface area contributed by atoms with E-state index in [1.165, 1.54) is 37.7 Å². The molecule has 1 fully saturated rings. The van der Waals surface area contributed by atoms with E-state index in [0.717, 1.165) is 26.1 Å². The number of rotatable bonds is 4. The van der Waals surface area contributed by atoms with Crippen LogP contribution in [0.3, 0.4) is 0 Å². The molecule has 1 N–H and O–H groups in total. The average Bonchev–Trinajstić information content (AvgIpc) is 2.48.